The molecule has 372 valence electrons. The zero-order valence-electron chi connectivity index (χ0n) is 38.1. The Hall–Kier alpha value is -2.08. The Morgan fingerprint density at radius 2 is 1.11 bits per heavy atom. The lowest BCUT2D eigenvalue weighted by atomic mass is 9.85. The van der Waals surface area contributed by atoms with Gasteiger partial charge in [-0.25, -0.2) is 9.13 Å². The first kappa shape index (κ1) is 59.9. The molecule has 0 heterocycles. The van der Waals surface area contributed by atoms with Crippen molar-refractivity contribution >= 4 is 27.6 Å². The molecule has 0 amide bonds. The monoisotopic (exact) mass is 954 g/mol. The van der Waals surface area contributed by atoms with Crippen LogP contribution in [0, 0.1) is 0 Å². The first-order chi connectivity index (χ1) is 30.5. The van der Waals surface area contributed by atoms with Gasteiger partial charge in [-0.15, -0.1) is 0 Å². The van der Waals surface area contributed by atoms with Gasteiger partial charge in [-0.2, -0.15) is 0 Å². The van der Waals surface area contributed by atoms with Gasteiger partial charge < -0.3 is 49.7 Å². The molecule has 0 aromatic rings. The third-order valence-electron chi connectivity index (χ3n) is 10.5. The number of phosphoric ester groups is 2. The number of allylic oxidation sites excluding steroid dienone is 6. The summed E-state index contributed by atoms with van der Waals surface area (Å²) in [6, 6.07) is 0. The minimum Gasteiger partial charge on any atom is -0.462 e. The van der Waals surface area contributed by atoms with E-state index in [-0.39, 0.29) is 12.8 Å². The van der Waals surface area contributed by atoms with Crippen LogP contribution in [0.15, 0.2) is 48.6 Å². The number of carbonyl (C=O) groups is 2. The van der Waals surface area contributed by atoms with Crippen LogP contribution in [0.25, 0.3) is 0 Å². The molecule has 0 aliphatic heterocycles. The quantitative estimate of drug-likeness (QED) is 0.00979. The van der Waals surface area contributed by atoms with Crippen molar-refractivity contribution in [2.45, 2.75) is 210 Å². The van der Waals surface area contributed by atoms with Crippen LogP contribution in [-0.2, 0) is 41.8 Å². The van der Waals surface area contributed by atoms with Crippen molar-refractivity contribution in [2.75, 3.05) is 13.2 Å². The van der Waals surface area contributed by atoms with Gasteiger partial charge in [-0.1, -0.05) is 152 Å². The van der Waals surface area contributed by atoms with Crippen LogP contribution in [0.5, 0.6) is 0 Å². The molecule has 5 unspecified atom stereocenters. The van der Waals surface area contributed by atoms with E-state index in [1.165, 1.54) is 64.2 Å². The van der Waals surface area contributed by atoms with Gasteiger partial charge in [0.1, 0.15) is 43.2 Å². The maximum absolute atomic E-state index is 13.0. The molecule has 1 rings (SSSR count). The summed E-state index contributed by atoms with van der Waals surface area (Å²) in [4.78, 5) is 54.2. The van der Waals surface area contributed by atoms with E-state index in [0.29, 0.717) is 32.1 Å². The van der Waals surface area contributed by atoms with Gasteiger partial charge in [0.05, 0.1) is 12.7 Å². The highest BCUT2D eigenvalue weighted by Crippen LogP contribution is 2.49. The Balaban J connectivity index is 2.68. The number of ether oxygens (including phenoxy) is 2. The van der Waals surface area contributed by atoms with Gasteiger partial charge in [0.2, 0.25) is 0 Å². The number of esters is 2. The van der Waals surface area contributed by atoms with Crippen molar-refractivity contribution in [3.63, 3.8) is 0 Å². The van der Waals surface area contributed by atoms with Gasteiger partial charge >= 0.3 is 27.6 Å². The molecule has 19 heteroatoms. The van der Waals surface area contributed by atoms with E-state index in [1.807, 2.05) is 36.5 Å². The highest BCUT2D eigenvalue weighted by Gasteiger charge is 2.54. The minimum absolute atomic E-state index is 0.0654. The van der Waals surface area contributed by atoms with Crippen LogP contribution in [0.4, 0.5) is 0 Å². The number of unbranched alkanes of at least 4 members (excludes halogenated alkanes) is 16. The van der Waals surface area contributed by atoms with Crippen molar-refractivity contribution in [3.8, 4) is 0 Å². The van der Waals surface area contributed by atoms with Crippen molar-refractivity contribution in [1.29, 1.82) is 0 Å². The van der Waals surface area contributed by atoms with Gasteiger partial charge in [0, 0.05) is 12.8 Å². The largest absolute Gasteiger partial charge is 0.472 e. The van der Waals surface area contributed by atoms with E-state index < -0.39 is 89.6 Å². The van der Waals surface area contributed by atoms with Crippen LogP contribution in [-0.4, -0.2) is 114 Å². The molecular weight excluding hydrogens is 874 g/mol. The number of rotatable bonds is 38. The molecule has 0 aromatic heterocycles. The van der Waals surface area contributed by atoms with Crippen molar-refractivity contribution in [3.05, 3.63) is 48.6 Å². The highest BCUT2D eigenvalue weighted by molar-refractivity contribution is 7.47. The zero-order valence-corrected chi connectivity index (χ0v) is 39.9. The molecule has 1 aliphatic carbocycles. The molecule has 0 saturated heterocycles. The summed E-state index contributed by atoms with van der Waals surface area (Å²) in [7, 11) is -10.7. The number of aliphatic hydroxyl groups excluding tert-OH is 5. The number of aliphatic hydroxyl groups is 5. The Morgan fingerprint density at radius 3 is 1.72 bits per heavy atom. The third-order valence-corrected chi connectivity index (χ3v) is 12.0. The average molecular weight is 955 g/mol. The van der Waals surface area contributed by atoms with E-state index in [2.05, 4.69) is 24.4 Å². The molecule has 1 fully saturated rings. The van der Waals surface area contributed by atoms with E-state index in [1.54, 1.807) is 6.08 Å². The summed E-state index contributed by atoms with van der Waals surface area (Å²) in [6.45, 7) is 2.95. The molecule has 9 atom stereocenters. The Bertz CT molecular complexity index is 1450. The van der Waals surface area contributed by atoms with Crippen LogP contribution in [0.2, 0.25) is 0 Å². The van der Waals surface area contributed by atoms with E-state index in [0.717, 1.165) is 38.5 Å². The fraction of sp³-hybridized carbons (Fsp3) is 0.778. The minimum atomic E-state index is -5.38. The van der Waals surface area contributed by atoms with Crippen LogP contribution in [0.3, 0.4) is 0 Å². The Labute approximate surface area is 380 Å². The van der Waals surface area contributed by atoms with Crippen molar-refractivity contribution < 1.29 is 82.0 Å². The van der Waals surface area contributed by atoms with E-state index in [4.69, 9.17) is 28.3 Å². The fourth-order valence-electron chi connectivity index (χ4n) is 6.80. The predicted octanol–water partition coefficient (Wildman–Crippen LogP) is 7.48. The smallest absolute Gasteiger partial charge is 0.462 e. The third kappa shape index (κ3) is 30.3. The molecule has 1 aliphatic rings. The van der Waals surface area contributed by atoms with Gasteiger partial charge in [0.15, 0.2) is 6.10 Å². The maximum atomic E-state index is 13.0. The lowest BCUT2D eigenvalue weighted by Crippen LogP contribution is -2.64. The molecule has 17 nitrogen and oxygen atoms in total. The van der Waals surface area contributed by atoms with Crippen molar-refractivity contribution in [1.82, 2.24) is 0 Å². The lowest BCUT2D eigenvalue weighted by Gasteiger charge is -2.43. The second-order valence-electron chi connectivity index (χ2n) is 16.3. The van der Waals surface area contributed by atoms with Gasteiger partial charge in [-0.05, 0) is 44.9 Å². The van der Waals surface area contributed by atoms with Crippen LogP contribution >= 0.6 is 15.6 Å². The molecule has 0 spiro atoms. The second-order valence-corrected chi connectivity index (χ2v) is 18.9. The highest BCUT2D eigenvalue weighted by atomic mass is 31.2. The maximum Gasteiger partial charge on any atom is 0.472 e. The first-order valence-electron chi connectivity index (χ1n) is 23.3. The first-order valence-corrected chi connectivity index (χ1v) is 26.3. The second kappa shape index (κ2) is 36.0. The predicted molar refractivity (Wildman–Crippen MR) is 243 cm³/mol. The molecule has 64 heavy (non-hydrogen) atoms. The van der Waals surface area contributed by atoms with Crippen LogP contribution in [0.1, 0.15) is 162 Å². The number of carbonyl (C=O) groups excluding carboxylic acids is 2. The lowest BCUT2D eigenvalue weighted by molar-refractivity contribution is -0.216. The van der Waals surface area contributed by atoms with Gasteiger partial charge in [0.25, 0.3) is 0 Å². The molecule has 8 N–H and O–H groups in total. The SMILES string of the molecule is CCCCC/C=C\C=C/[C@H](O)C/C=C\C/C=C/CCCC(=O)O[C@H](COC(=O)CCCCCCCCCCCCCCC)COP(=O)(O)O[C@H]1C(O)C(O)C(O)[C@@H](OP(=O)(O)O)C1O. The Kier molecular flexibility index (Phi) is 33.7. The number of hydrogen-bond donors (Lipinski definition) is 8. The summed E-state index contributed by atoms with van der Waals surface area (Å²) in [5.74, 6) is -1.31. The van der Waals surface area contributed by atoms with E-state index >= 15 is 0 Å². The zero-order chi connectivity index (χ0) is 47.6. The molecule has 0 aromatic carbocycles. The van der Waals surface area contributed by atoms with E-state index in [9.17, 15) is 49.1 Å². The Morgan fingerprint density at radius 1 is 0.578 bits per heavy atom. The van der Waals surface area contributed by atoms with Crippen LogP contribution < -0.4 is 0 Å². The summed E-state index contributed by atoms with van der Waals surface area (Å²) >= 11 is 0. The molecular formula is C45H80O17P2. The summed E-state index contributed by atoms with van der Waals surface area (Å²) < 4.78 is 49.2. The molecule has 0 radical (unpaired) electrons. The molecule has 0 bridgehead atoms. The number of phosphoric acid groups is 2. The van der Waals surface area contributed by atoms with Gasteiger partial charge in [-0.3, -0.25) is 23.2 Å². The fourth-order valence-corrected chi connectivity index (χ4v) is 8.34. The normalized spacial score (nSPS) is 22.7. The average Bonchev–Trinajstić information content (AvgIpc) is 3.24. The van der Waals surface area contributed by atoms with Crippen molar-refractivity contribution in [2.24, 2.45) is 0 Å². The topological polar surface area (TPSA) is 276 Å². The number of hydrogen-bond acceptors (Lipinski definition) is 14. The standard InChI is InChI=1S/C45H80O17P2/c1-3-5-7-9-11-12-13-14-15-16-20-24-28-32-38(47)58-34-37(35-59-64(56,57)62-45-42(51)40(49)41(50)44(43(45)52)61-63(53,54)55)60-39(48)33-29-25-21-17-19-23-27-31-36(46)30-26-22-18-10-8-6-4-2/h17-18,21-23,26-27,30,36-37,40-46,49-52H,3-16,19-20,24-25,28-29,31-35H2,1-2H3,(H,56,57)(H2,53,54,55)/b21-17+,22-18-,27-23-,30-26-/t36-,37+,40?,41?,42?,43?,44+,45-/m0/s1. The summed E-state index contributed by atoms with van der Waals surface area (Å²) in [6.07, 6.45) is 21.0. The summed E-state index contributed by atoms with van der Waals surface area (Å²) in [5.41, 5.74) is 0. The summed E-state index contributed by atoms with van der Waals surface area (Å²) in [5, 5.41) is 51.3. The molecule has 1 saturated carbocycles.